The van der Waals surface area contributed by atoms with E-state index in [0.717, 1.165) is 0 Å². The maximum atomic E-state index is 12.3. The summed E-state index contributed by atoms with van der Waals surface area (Å²) in [5.41, 5.74) is 0.430. The van der Waals surface area contributed by atoms with Gasteiger partial charge in [-0.15, -0.1) is 0 Å². The van der Waals surface area contributed by atoms with E-state index in [1.807, 2.05) is 0 Å². The summed E-state index contributed by atoms with van der Waals surface area (Å²) in [5, 5.41) is 2.48. The molecule has 10 heteroatoms. The maximum Gasteiger partial charge on any atom is 0.343 e. The van der Waals surface area contributed by atoms with Gasteiger partial charge in [0, 0.05) is 11.5 Å². The molecule has 8 nitrogen and oxygen atoms in total. The number of amides is 2. The van der Waals surface area contributed by atoms with Crippen molar-refractivity contribution < 1.29 is 28.6 Å². The van der Waals surface area contributed by atoms with Crippen molar-refractivity contribution >= 4 is 57.1 Å². The number of hydrogen-bond donors (Lipinski definition) is 1. The van der Waals surface area contributed by atoms with Crippen molar-refractivity contribution in [3.63, 3.8) is 0 Å². The summed E-state index contributed by atoms with van der Waals surface area (Å²) < 4.78 is 15.7. The zero-order chi connectivity index (χ0) is 19.4. The Kier molecular flexibility index (Phi) is 6.32. The average Bonchev–Trinajstić information content (AvgIpc) is 2.62. The van der Waals surface area contributed by atoms with Crippen molar-refractivity contribution in [2.75, 3.05) is 27.9 Å². The van der Waals surface area contributed by atoms with Gasteiger partial charge in [-0.25, -0.2) is 4.79 Å². The lowest BCUT2D eigenvalue weighted by atomic mass is 10.1. The smallest absolute Gasteiger partial charge is 0.343 e. The van der Waals surface area contributed by atoms with Crippen LogP contribution >= 0.6 is 28.1 Å². The normalized spacial score (nSPS) is 15.8. The Morgan fingerprint density at radius 1 is 1.31 bits per heavy atom. The van der Waals surface area contributed by atoms with Crippen LogP contribution in [-0.4, -0.2) is 55.7 Å². The first-order valence-electron chi connectivity index (χ1n) is 7.20. The minimum atomic E-state index is -0.588. The molecule has 0 atom stereocenters. The molecule has 0 aromatic heterocycles. The molecule has 26 heavy (non-hydrogen) atoms. The molecule has 0 unspecified atom stereocenters. The van der Waals surface area contributed by atoms with Gasteiger partial charge in [0.25, 0.3) is 11.8 Å². The summed E-state index contributed by atoms with van der Waals surface area (Å²) in [6, 6.07) is 3.13. The van der Waals surface area contributed by atoms with Crippen LogP contribution in [0.1, 0.15) is 5.56 Å². The predicted molar refractivity (Wildman–Crippen MR) is 99.7 cm³/mol. The molecule has 0 saturated carbocycles. The van der Waals surface area contributed by atoms with Crippen molar-refractivity contribution in [1.29, 1.82) is 0 Å². The monoisotopic (exact) mass is 442 g/mol. The summed E-state index contributed by atoms with van der Waals surface area (Å²) in [7, 11) is 4.15. The molecule has 1 heterocycles. The molecule has 1 aliphatic heterocycles. The Morgan fingerprint density at radius 2 is 2.00 bits per heavy atom. The Balaban J connectivity index is 2.38. The largest absolute Gasteiger partial charge is 0.493 e. The number of likely N-dealkylation sites (N-methyl/N-ethyl adjacent to an activating group) is 1. The van der Waals surface area contributed by atoms with Gasteiger partial charge in [-0.2, -0.15) is 0 Å². The van der Waals surface area contributed by atoms with Crippen molar-refractivity contribution in [3.05, 3.63) is 27.7 Å². The summed E-state index contributed by atoms with van der Waals surface area (Å²) >= 11 is 8.25. The van der Waals surface area contributed by atoms with E-state index in [2.05, 4.69) is 26.0 Å². The van der Waals surface area contributed by atoms with E-state index >= 15 is 0 Å². The van der Waals surface area contributed by atoms with Gasteiger partial charge in [0.2, 0.25) is 0 Å². The first-order chi connectivity index (χ1) is 12.3. The average molecular weight is 443 g/mol. The van der Waals surface area contributed by atoms with Gasteiger partial charge in [0.15, 0.2) is 23.2 Å². The number of carbonyl (C=O) groups excluding carboxylic acids is 3. The molecule has 2 rings (SSSR count). The molecule has 0 bridgehead atoms. The lowest BCUT2D eigenvalue weighted by Gasteiger charge is -2.25. The summed E-state index contributed by atoms with van der Waals surface area (Å²) in [5.74, 6) is -1.04. The van der Waals surface area contributed by atoms with Crippen LogP contribution in [0.15, 0.2) is 22.2 Å². The van der Waals surface area contributed by atoms with E-state index in [0.29, 0.717) is 21.5 Å². The van der Waals surface area contributed by atoms with Crippen LogP contribution in [-0.2, 0) is 19.1 Å². The van der Waals surface area contributed by atoms with Crippen LogP contribution in [0.3, 0.4) is 0 Å². The lowest BCUT2D eigenvalue weighted by molar-refractivity contribution is -0.143. The van der Waals surface area contributed by atoms with E-state index in [4.69, 9.17) is 21.7 Å². The van der Waals surface area contributed by atoms with E-state index in [1.165, 1.54) is 32.2 Å². The van der Waals surface area contributed by atoms with Crippen LogP contribution in [0.5, 0.6) is 11.5 Å². The van der Waals surface area contributed by atoms with Gasteiger partial charge in [0.05, 0.1) is 14.2 Å². The second kappa shape index (κ2) is 8.28. The zero-order valence-corrected chi connectivity index (χ0v) is 16.5. The Morgan fingerprint density at radius 3 is 2.62 bits per heavy atom. The van der Waals surface area contributed by atoms with Crippen LogP contribution in [0.25, 0.3) is 6.08 Å². The van der Waals surface area contributed by atoms with E-state index in [-0.39, 0.29) is 17.3 Å². The first-order valence-corrected chi connectivity index (χ1v) is 8.40. The fourth-order valence-electron chi connectivity index (χ4n) is 2.03. The number of nitrogens with one attached hydrogen (secondary N) is 1. The summed E-state index contributed by atoms with van der Waals surface area (Å²) in [6.07, 6.45) is 1.41. The van der Waals surface area contributed by atoms with E-state index in [9.17, 15) is 14.4 Å². The number of ether oxygens (including phenoxy) is 3. The number of rotatable bonds is 5. The van der Waals surface area contributed by atoms with Gasteiger partial charge >= 0.3 is 5.97 Å². The number of esters is 1. The fourth-order valence-corrected chi connectivity index (χ4v) is 2.64. The van der Waals surface area contributed by atoms with Gasteiger partial charge in [0.1, 0.15) is 5.57 Å². The number of carbonyl (C=O) groups is 3. The van der Waals surface area contributed by atoms with Crippen LogP contribution < -0.4 is 14.8 Å². The number of hydrogen-bond acceptors (Lipinski definition) is 7. The van der Waals surface area contributed by atoms with Gasteiger partial charge < -0.3 is 14.2 Å². The van der Waals surface area contributed by atoms with Crippen molar-refractivity contribution in [3.8, 4) is 11.5 Å². The third-order valence-electron chi connectivity index (χ3n) is 3.46. The molecule has 1 aromatic rings. The van der Waals surface area contributed by atoms with Gasteiger partial charge in [-0.3, -0.25) is 19.8 Å². The lowest BCUT2D eigenvalue weighted by Crippen LogP contribution is -2.52. The van der Waals surface area contributed by atoms with E-state index < -0.39 is 17.8 Å². The molecule has 1 fully saturated rings. The van der Waals surface area contributed by atoms with Gasteiger partial charge in [-0.1, -0.05) is 15.9 Å². The minimum Gasteiger partial charge on any atom is -0.493 e. The second-order valence-corrected chi connectivity index (χ2v) is 6.31. The fraction of sp³-hybridized carbons (Fsp3) is 0.250. The molecular formula is C16H15BrN2O6S. The Bertz CT molecular complexity index is 823. The predicted octanol–water partition coefficient (Wildman–Crippen LogP) is 1.27. The summed E-state index contributed by atoms with van der Waals surface area (Å²) in [6.45, 7) is -0.289. The first kappa shape index (κ1) is 19.9. The molecule has 0 spiro atoms. The standard InChI is InChI=1S/C16H15BrN2O6S/c1-19-15(22)9(14(21)18-16(19)26)4-8-5-11(23-2)12(6-10(8)17)25-7-13(20)24-3/h4-6H,7H2,1-3H3,(H,18,21,26). The molecule has 1 N–H and O–H groups in total. The number of nitrogens with zero attached hydrogens (tertiary/aromatic N) is 1. The SMILES string of the molecule is COC(=O)COc1cc(Br)c(C=C2C(=O)NC(=S)N(C)C2=O)cc1OC. The molecule has 2 amide bonds. The quantitative estimate of drug-likeness (QED) is 0.317. The number of thiocarbonyl (C=S) groups is 1. The third kappa shape index (κ3) is 4.20. The molecule has 1 aromatic carbocycles. The number of methoxy groups -OCH3 is 2. The minimum absolute atomic E-state index is 0.0420. The van der Waals surface area contributed by atoms with Crippen molar-refractivity contribution in [2.24, 2.45) is 0 Å². The van der Waals surface area contributed by atoms with Crippen molar-refractivity contribution in [1.82, 2.24) is 10.2 Å². The van der Waals surface area contributed by atoms with Crippen LogP contribution in [0, 0.1) is 0 Å². The highest BCUT2D eigenvalue weighted by Gasteiger charge is 2.31. The zero-order valence-electron chi connectivity index (χ0n) is 14.1. The molecule has 0 radical (unpaired) electrons. The maximum absolute atomic E-state index is 12.3. The van der Waals surface area contributed by atoms with Gasteiger partial charge in [-0.05, 0) is 36.0 Å². The Labute approximate surface area is 163 Å². The topological polar surface area (TPSA) is 94.2 Å². The third-order valence-corrected chi connectivity index (χ3v) is 4.52. The second-order valence-electron chi connectivity index (χ2n) is 5.07. The van der Waals surface area contributed by atoms with Crippen molar-refractivity contribution in [2.45, 2.75) is 0 Å². The Hall–Kier alpha value is -2.46. The number of benzene rings is 1. The summed E-state index contributed by atoms with van der Waals surface area (Å²) in [4.78, 5) is 36.7. The van der Waals surface area contributed by atoms with Crippen LogP contribution in [0.4, 0.5) is 0 Å². The molecule has 138 valence electrons. The number of halogens is 1. The molecule has 1 saturated heterocycles. The highest BCUT2D eigenvalue weighted by atomic mass is 79.9. The highest BCUT2D eigenvalue weighted by molar-refractivity contribution is 9.10. The van der Waals surface area contributed by atoms with Crippen LogP contribution in [0.2, 0.25) is 0 Å². The molecule has 1 aliphatic rings. The highest BCUT2D eigenvalue weighted by Crippen LogP contribution is 2.35. The molecular weight excluding hydrogens is 428 g/mol. The molecule has 0 aliphatic carbocycles. The van der Waals surface area contributed by atoms with E-state index in [1.54, 1.807) is 12.1 Å².